The molecule has 21 heavy (non-hydrogen) atoms. The average Bonchev–Trinajstić information content (AvgIpc) is 2.44. The molecule has 1 aliphatic rings. The number of benzene rings is 1. The number of nitrogens with one attached hydrogen (secondary N) is 1. The van der Waals surface area contributed by atoms with Crippen LogP contribution in [-0.4, -0.2) is 37.0 Å². The van der Waals surface area contributed by atoms with Crippen LogP contribution in [0.3, 0.4) is 0 Å². The number of hydrogen-bond acceptors (Lipinski definition) is 3. The maximum absolute atomic E-state index is 12.0. The van der Waals surface area contributed by atoms with Crippen LogP contribution in [0.2, 0.25) is 5.02 Å². The lowest BCUT2D eigenvalue weighted by Gasteiger charge is -2.30. The van der Waals surface area contributed by atoms with E-state index in [1.54, 1.807) is 18.2 Å². The van der Waals surface area contributed by atoms with E-state index in [-0.39, 0.29) is 5.91 Å². The number of amides is 1. The largest absolute Gasteiger partial charge is 0.399 e. The number of carbonyl (C=O) groups is 1. The van der Waals surface area contributed by atoms with E-state index in [1.807, 2.05) is 0 Å². The maximum atomic E-state index is 12.0. The van der Waals surface area contributed by atoms with Crippen molar-refractivity contribution >= 4 is 23.2 Å². The van der Waals surface area contributed by atoms with E-state index >= 15 is 0 Å². The first-order valence-electron chi connectivity index (χ1n) is 7.61. The number of nitrogens with two attached hydrogens (primary N) is 1. The lowest BCUT2D eigenvalue weighted by Crippen LogP contribution is -2.35. The number of piperidine rings is 1. The molecule has 0 saturated carbocycles. The van der Waals surface area contributed by atoms with E-state index in [0.29, 0.717) is 22.8 Å². The van der Waals surface area contributed by atoms with Crippen molar-refractivity contribution in [3.63, 3.8) is 0 Å². The van der Waals surface area contributed by atoms with Crippen molar-refractivity contribution in [3.8, 4) is 0 Å². The lowest BCUT2D eigenvalue weighted by molar-refractivity contribution is 0.0950. The predicted octanol–water partition coefficient (Wildman–Crippen LogP) is 2.77. The molecule has 2 rings (SSSR count). The number of nitrogens with zero attached hydrogens (tertiary/aromatic N) is 1. The normalized spacial score (nSPS) is 16.9. The summed E-state index contributed by atoms with van der Waals surface area (Å²) in [7, 11) is 0. The van der Waals surface area contributed by atoms with Crippen molar-refractivity contribution in [1.82, 2.24) is 10.2 Å². The third kappa shape index (κ3) is 5.21. The SMILES string of the molecule is CC1CCN(CCCNC(=O)c2cc(N)cc(Cl)c2)CC1. The van der Waals surface area contributed by atoms with Crippen molar-refractivity contribution in [2.45, 2.75) is 26.2 Å². The Morgan fingerprint density at radius 3 is 2.76 bits per heavy atom. The first kappa shape index (κ1) is 16.1. The Hall–Kier alpha value is -1.26. The Kier molecular flexibility index (Phi) is 5.88. The fourth-order valence-corrected chi connectivity index (χ4v) is 2.88. The topological polar surface area (TPSA) is 58.4 Å². The second-order valence-corrected chi connectivity index (χ2v) is 6.34. The summed E-state index contributed by atoms with van der Waals surface area (Å²) in [5.74, 6) is 0.741. The van der Waals surface area contributed by atoms with Gasteiger partial charge >= 0.3 is 0 Å². The van der Waals surface area contributed by atoms with Crippen LogP contribution in [0.15, 0.2) is 18.2 Å². The molecule has 0 aromatic heterocycles. The van der Waals surface area contributed by atoms with Gasteiger partial charge < -0.3 is 16.0 Å². The maximum Gasteiger partial charge on any atom is 0.251 e. The molecule has 0 aliphatic carbocycles. The van der Waals surface area contributed by atoms with Gasteiger partial charge in [0, 0.05) is 22.8 Å². The predicted molar refractivity (Wildman–Crippen MR) is 87.7 cm³/mol. The summed E-state index contributed by atoms with van der Waals surface area (Å²) in [6, 6.07) is 4.92. The van der Waals surface area contributed by atoms with Gasteiger partial charge in [-0.05, 0) is 63.0 Å². The molecular formula is C16H24ClN3O. The van der Waals surface area contributed by atoms with Gasteiger partial charge in [-0.15, -0.1) is 0 Å². The molecule has 0 unspecified atom stereocenters. The average molecular weight is 310 g/mol. The van der Waals surface area contributed by atoms with Crippen molar-refractivity contribution in [2.24, 2.45) is 5.92 Å². The van der Waals surface area contributed by atoms with Gasteiger partial charge in [-0.3, -0.25) is 4.79 Å². The van der Waals surface area contributed by atoms with Gasteiger partial charge in [0.25, 0.3) is 5.91 Å². The summed E-state index contributed by atoms with van der Waals surface area (Å²) >= 11 is 5.90. The lowest BCUT2D eigenvalue weighted by atomic mass is 9.99. The van der Waals surface area contributed by atoms with Crippen LogP contribution in [0.4, 0.5) is 5.69 Å². The zero-order valence-corrected chi connectivity index (χ0v) is 13.3. The van der Waals surface area contributed by atoms with Crippen LogP contribution < -0.4 is 11.1 Å². The number of nitrogen functional groups attached to an aromatic ring is 1. The molecule has 0 atom stereocenters. The molecule has 4 nitrogen and oxygen atoms in total. The summed E-state index contributed by atoms with van der Waals surface area (Å²) in [6.45, 7) is 6.40. The Morgan fingerprint density at radius 2 is 2.10 bits per heavy atom. The van der Waals surface area contributed by atoms with Crippen LogP contribution in [0, 0.1) is 5.92 Å². The summed E-state index contributed by atoms with van der Waals surface area (Å²) in [6.07, 6.45) is 3.54. The van der Waals surface area contributed by atoms with E-state index in [9.17, 15) is 4.79 Å². The molecule has 116 valence electrons. The third-order valence-electron chi connectivity index (χ3n) is 4.00. The minimum absolute atomic E-state index is 0.114. The first-order valence-corrected chi connectivity index (χ1v) is 7.99. The molecule has 1 heterocycles. The molecular weight excluding hydrogens is 286 g/mol. The molecule has 1 aliphatic heterocycles. The summed E-state index contributed by atoms with van der Waals surface area (Å²) in [4.78, 5) is 14.5. The fourth-order valence-electron chi connectivity index (χ4n) is 2.64. The van der Waals surface area contributed by atoms with Gasteiger partial charge in [0.05, 0.1) is 0 Å². The second kappa shape index (κ2) is 7.66. The van der Waals surface area contributed by atoms with Crippen LogP contribution in [0.1, 0.15) is 36.5 Å². The molecule has 1 amide bonds. The minimum Gasteiger partial charge on any atom is -0.399 e. The second-order valence-electron chi connectivity index (χ2n) is 5.91. The number of likely N-dealkylation sites (tertiary alicyclic amines) is 1. The number of carbonyl (C=O) groups excluding carboxylic acids is 1. The van der Waals surface area contributed by atoms with E-state index < -0.39 is 0 Å². The van der Waals surface area contributed by atoms with Gasteiger partial charge in [-0.1, -0.05) is 18.5 Å². The molecule has 0 radical (unpaired) electrons. The fraction of sp³-hybridized carbons (Fsp3) is 0.562. The first-order chi connectivity index (χ1) is 10.0. The van der Waals surface area contributed by atoms with Crippen LogP contribution in [0.25, 0.3) is 0 Å². The highest BCUT2D eigenvalue weighted by Gasteiger charge is 2.15. The van der Waals surface area contributed by atoms with Gasteiger partial charge in [-0.25, -0.2) is 0 Å². The molecule has 0 spiro atoms. The summed E-state index contributed by atoms with van der Waals surface area (Å²) in [5, 5.41) is 3.41. The quantitative estimate of drug-likeness (QED) is 0.649. The van der Waals surface area contributed by atoms with E-state index in [0.717, 1.165) is 18.9 Å². The standard InChI is InChI=1S/C16H24ClN3O/c1-12-3-7-20(8-4-12)6-2-5-19-16(21)13-9-14(17)11-15(18)10-13/h9-12H,2-8,18H2,1H3,(H,19,21). The van der Waals surface area contributed by atoms with Crippen LogP contribution in [-0.2, 0) is 0 Å². The zero-order chi connectivity index (χ0) is 15.2. The van der Waals surface area contributed by atoms with Crippen molar-refractivity contribution in [1.29, 1.82) is 0 Å². The Bertz CT molecular complexity index is 464. The van der Waals surface area contributed by atoms with Crippen LogP contribution in [0.5, 0.6) is 0 Å². The smallest absolute Gasteiger partial charge is 0.251 e. The van der Waals surface area contributed by atoms with Crippen LogP contribution >= 0.6 is 11.6 Å². The van der Waals surface area contributed by atoms with Gasteiger partial charge in [-0.2, -0.15) is 0 Å². The molecule has 1 aromatic carbocycles. The number of halogens is 1. The Balaban J connectivity index is 1.69. The van der Waals surface area contributed by atoms with E-state index in [1.165, 1.54) is 25.9 Å². The molecule has 5 heteroatoms. The Morgan fingerprint density at radius 1 is 1.38 bits per heavy atom. The monoisotopic (exact) mass is 309 g/mol. The summed E-state index contributed by atoms with van der Waals surface area (Å²) < 4.78 is 0. The van der Waals surface area contributed by atoms with Crippen molar-refractivity contribution < 1.29 is 4.79 Å². The van der Waals surface area contributed by atoms with Crippen molar-refractivity contribution in [3.05, 3.63) is 28.8 Å². The molecule has 1 saturated heterocycles. The number of hydrogen-bond donors (Lipinski definition) is 2. The van der Waals surface area contributed by atoms with Gasteiger partial charge in [0.15, 0.2) is 0 Å². The molecule has 1 fully saturated rings. The van der Waals surface area contributed by atoms with E-state index in [2.05, 4.69) is 17.1 Å². The number of anilines is 1. The van der Waals surface area contributed by atoms with E-state index in [4.69, 9.17) is 17.3 Å². The van der Waals surface area contributed by atoms with Gasteiger partial charge in [0.2, 0.25) is 0 Å². The molecule has 0 bridgehead atoms. The Labute approximate surface area is 131 Å². The van der Waals surface area contributed by atoms with Gasteiger partial charge in [0.1, 0.15) is 0 Å². The molecule has 3 N–H and O–H groups in total. The highest BCUT2D eigenvalue weighted by Crippen LogP contribution is 2.17. The third-order valence-corrected chi connectivity index (χ3v) is 4.21. The molecule has 1 aromatic rings. The number of rotatable bonds is 5. The minimum atomic E-state index is -0.114. The zero-order valence-electron chi connectivity index (χ0n) is 12.6. The summed E-state index contributed by atoms with van der Waals surface area (Å²) in [5.41, 5.74) is 6.72. The highest BCUT2D eigenvalue weighted by atomic mass is 35.5. The highest BCUT2D eigenvalue weighted by molar-refractivity contribution is 6.31. The van der Waals surface area contributed by atoms with Crippen molar-refractivity contribution in [2.75, 3.05) is 31.9 Å².